The van der Waals surface area contributed by atoms with Gasteiger partial charge in [-0.3, -0.25) is 0 Å². The molecule has 1 saturated heterocycles. The van der Waals surface area contributed by atoms with Crippen LogP contribution in [0.2, 0.25) is 0 Å². The fourth-order valence-electron chi connectivity index (χ4n) is 2.07. The maximum absolute atomic E-state index is 14.2. The summed E-state index contributed by atoms with van der Waals surface area (Å²) in [5.41, 5.74) is -0.876. The predicted octanol–water partition coefficient (Wildman–Crippen LogP) is 2.90. The lowest BCUT2D eigenvalue weighted by molar-refractivity contribution is 0.109. The van der Waals surface area contributed by atoms with Crippen LogP contribution in [0, 0.1) is 5.92 Å². The Kier molecular flexibility index (Phi) is 4.17. The molecule has 2 unspecified atom stereocenters. The molecule has 0 aromatic rings. The molecular formula is C11H22FN. The van der Waals surface area contributed by atoms with Gasteiger partial charge >= 0.3 is 0 Å². The lowest BCUT2D eigenvalue weighted by Gasteiger charge is -2.26. The Morgan fingerprint density at radius 2 is 2.15 bits per heavy atom. The van der Waals surface area contributed by atoms with E-state index in [1.54, 1.807) is 0 Å². The van der Waals surface area contributed by atoms with Crippen molar-refractivity contribution in [2.24, 2.45) is 5.92 Å². The number of rotatable bonds is 3. The van der Waals surface area contributed by atoms with Crippen LogP contribution in [0.15, 0.2) is 0 Å². The molecule has 1 aliphatic rings. The summed E-state index contributed by atoms with van der Waals surface area (Å²) in [6, 6.07) is 0. The molecule has 1 rings (SSSR count). The zero-order chi connectivity index (χ0) is 9.73. The fraction of sp³-hybridized carbons (Fsp3) is 1.00. The molecule has 2 heteroatoms. The zero-order valence-corrected chi connectivity index (χ0v) is 8.91. The van der Waals surface area contributed by atoms with Crippen molar-refractivity contribution >= 4 is 0 Å². The SMILES string of the molecule is CCC(C)CC1(F)CCCNCC1. The van der Waals surface area contributed by atoms with Crippen LogP contribution in [0.25, 0.3) is 0 Å². The number of hydrogen-bond acceptors (Lipinski definition) is 1. The summed E-state index contributed by atoms with van der Waals surface area (Å²) in [6.45, 7) is 6.14. The van der Waals surface area contributed by atoms with Gasteiger partial charge in [0.15, 0.2) is 0 Å². The molecule has 0 spiro atoms. The molecule has 1 N–H and O–H groups in total. The average molecular weight is 187 g/mol. The van der Waals surface area contributed by atoms with E-state index in [1.807, 2.05) is 0 Å². The van der Waals surface area contributed by atoms with Crippen molar-refractivity contribution in [2.75, 3.05) is 13.1 Å². The van der Waals surface area contributed by atoms with E-state index in [0.29, 0.717) is 12.3 Å². The Morgan fingerprint density at radius 1 is 1.38 bits per heavy atom. The molecule has 0 aliphatic carbocycles. The highest BCUT2D eigenvalue weighted by Gasteiger charge is 2.31. The summed E-state index contributed by atoms with van der Waals surface area (Å²) in [5.74, 6) is 0.531. The zero-order valence-electron chi connectivity index (χ0n) is 8.91. The molecule has 1 fully saturated rings. The van der Waals surface area contributed by atoms with Gasteiger partial charge < -0.3 is 5.32 Å². The Morgan fingerprint density at radius 3 is 2.85 bits per heavy atom. The highest BCUT2D eigenvalue weighted by molar-refractivity contribution is 4.84. The predicted molar refractivity (Wildman–Crippen MR) is 54.6 cm³/mol. The second-order valence-electron chi connectivity index (χ2n) is 4.47. The lowest BCUT2D eigenvalue weighted by Crippen LogP contribution is -2.27. The van der Waals surface area contributed by atoms with E-state index in [9.17, 15) is 4.39 Å². The van der Waals surface area contributed by atoms with Crippen LogP contribution >= 0.6 is 0 Å². The van der Waals surface area contributed by atoms with Gasteiger partial charge in [-0.05, 0) is 44.7 Å². The van der Waals surface area contributed by atoms with Gasteiger partial charge in [0.1, 0.15) is 5.67 Å². The molecule has 0 amide bonds. The lowest BCUT2D eigenvalue weighted by atomic mass is 9.86. The first-order valence-electron chi connectivity index (χ1n) is 5.56. The van der Waals surface area contributed by atoms with Crippen LogP contribution < -0.4 is 5.32 Å². The van der Waals surface area contributed by atoms with Crippen LogP contribution in [0.1, 0.15) is 46.0 Å². The van der Waals surface area contributed by atoms with Gasteiger partial charge in [-0.25, -0.2) is 4.39 Å². The van der Waals surface area contributed by atoms with E-state index < -0.39 is 5.67 Å². The molecule has 0 bridgehead atoms. The molecule has 0 saturated carbocycles. The summed E-state index contributed by atoms with van der Waals surface area (Å²) < 4.78 is 14.2. The highest BCUT2D eigenvalue weighted by atomic mass is 19.1. The van der Waals surface area contributed by atoms with Gasteiger partial charge in [-0.2, -0.15) is 0 Å². The minimum atomic E-state index is -0.876. The third kappa shape index (κ3) is 3.63. The second kappa shape index (κ2) is 4.94. The monoisotopic (exact) mass is 187 g/mol. The minimum absolute atomic E-state index is 0.531. The average Bonchev–Trinajstić information content (AvgIpc) is 2.30. The smallest absolute Gasteiger partial charge is 0.112 e. The third-order valence-corrected chi connectivity index (χ3v) is 3.14. The van der Waals surface area contributed by atoms with Crippen LogP contribution in [-0.2, 0) is 0 Å². The van der Waals surface area contributed by atoms with Crippen molar-refractivity contribution in [3.63, 3.8) is 0 Å². The second-order valence-corrected chi connectivity index (χ2v) is 4.47. The van der Waals surface area contributed by atoms with Gasteiger partial charge in [-0.15, -0.1) is 0 Å². The van der Waals surface area contributed by atoms with Crippen molar-refractivity contribution in [1.29, 1.82) is 0 Å². The standard InChI is InChI=1S/C11H22FN/c1-3-10(2)9-11(12)5-4-7-13-8-6-11/h10,13H,3-9H2,1-2H3. The first kappa shape index (κ1) is 11.0. The van der Waals surface area contributed by atoms with E-state index >= 15 is 0 Å². The minimum Gasteiger partial charge on any atom is -0.317 e. The van der Waals surface area contributed by atoms with Crippen LogP contribution in [0.4, 0.5) is 4.39 Å². The summed E-state index contributed by atoms with van der Waals surface area (Å²) >= 11 is 0. The van der Waals surface area contributed by atoms with E-state index in [0.717, 1.165) is 38.8 Å². The first-order valence-corrected chi connectivity index (χ1v) is 5.56. The molecule has 13 heavy (non-hydrogen) atoms. The van der Waals surface area contributed by atoms with Crippen LogP contribution in [-0.4, -0.2) is 18.8 Å². The Hall–Kier alpha value is -0.110. The van der Waals surface area contributed by atoms with Crippen LogP contribution in [0.5, 0.6) is 0 Å². The molecule has 0 aromatic carbocycles. The number of hydrogen-bond donors (Lipinski definition) is 1. The van der Waals surface area contributed by atoms with E-state index in [1.165, 1.54) is 0 Å². The summed E-state index contributed by atoms with van der Waals surface area (Å²) in [6.07, 6.45) is 4.30. The van der Waals surface area contributed by atoms with Gasteiger partial charge in [0.05, 0.1) is 0 Å². The van der Waals surface area contributed by atoms with E-state index in [-0.39, 0.29) is 0 Å². The molecule has 1 nitrogen and oxygen atoms in total. The normalized spacial score (nSPS) is 32.5. The number of alkyl halides is 1. The Bertz CT molecular complexity index is 139. The maximum Gasteiger partial charge on any atom is 0.112 e. The number of nitrogens with one attached hydrogen (secondary N) is 1. The van der Waals surface area contributed by atoms with Gasteiger partial charge in [-0.1, -0.05) is 20.3 Å². The molecular weight excluding hydrogens is 165 g/mol. The Labute approximate surface area is 81.1 Å². The van der Waals surface area contributed by atoms with Gasteiger partial charge in [0.25, 0.3) is 0 Å². The summed E-state index contributed by atoms with van der Waals surface area (Å²) in [5, 5.41) is 3.25. The van der Waals surface area contributed by atoms with E-state index in [2.05, 4.69) is 19.2 Å². The van der Waals surface area contributed by atoms with Crippen molar-refractivity contribution in [1.82, 2.24) is 5.32 Å². The summed E-state index contributed by atoms with van der Waals surface area (Å²) in [4.78, 5) is 0. The van der Waals surface area contributed by atoms with Crippen LogP contribution in [0.3, 0.4) is 0 Å². The number of halogens is 1. The fourth-order valence-corrected chi connectivity index (χ4v) is 2.07. The largest absolute Gasteiger partial charge is 0.317 e. The quantitative estimate of drug-likeness (QED) is 0.716. The van der Waals surface area contributed by atoms with Crippen molar-refractivity contribution in [2.45, 2.75) is 51.6 Å². The van der Waals surface area contributed by atoms with Crippen molar-refractivity contribution in [3.05, 3.63) is 0 Å². The van der Waals surface area contributed by atoms with Crippen molar-refractivity contribution < 1.29 is 4.39 Å². The molecule has 78 valence electrons. The molecule has 1 heterocycles. The van der Waals surface area contributed by atoms with E-state index in [4.69, 9.17) is 0 Å². The topological polar surface area (TPSA) is 12.0 Å². The van der Waals surface area contributed by atoms with Crippen molar-refractivity contribution in [3.8, 4) is 0 Å². The highest BCUT2D eigenvalue weighted by Crippen LogP contribution is 2.32. The summed E-state index contributed by atoms with van der Waals surface area (Å²) in [7, 11) is 0. The van der Waals surface area contributed by atoms with Gasteiger partial charge in [0.2, 0.25) is 0 Å². The molecule has 0 radical (unpaired) electrons. The maximum atomic E-state index is 14.2. The molecule has 2 atom stereocenters. The molecule has 0 aromatic heterocycles. The third-order valence-electron chi connectivity index (χ3n) is 3.14. The Balaban J connectivity index is 2.41. The van der Waals surface area contributed by atoms with Gasteiger partial charge in [0, 0.05) is 0 Å². The molecule has 1 aliphatic heterocycles. The first-order chi connectivity index (χ1) is 6.16.